The maximum atomic E-state index is 6.03. The van der Waals surface area contributed by atoms with Gasteiger partial charge in [0.1, 0.15) is 11.6 Å². The van der Waals surface area contributed by atoms with Crippen LogP contribution >= 0.6 is 0 Å². The second-order valence-corrected chi connectivity index (χ2v) is 7.60. The first kappa shape index (κ1) is 16.8. The van der Waals surface area contributed by atoms with Gasteiger partial charge in [0.2, 0.25) is 0 Å². The number of ether oxygens (including phenoxy) is 1. The molecule has 0 saturated carbocycles. The van der Waals surface area contributed by atoms with Crippen molar-refractivity contribution in [3.63, 3.8) is 0 Å². The molecule has 0 spiro atoms. The number of nitrogen functional groups attached to an aromatic ring is 1. The lowest BCUT2D eigenvalue weighted by Crippen LogP contribution is -2.49. The number of benzene rings is 1. The first-order valence-corrected chi connectivity index (χ1v) is 8.62. The maximum absolute atomic E-state index is 6.03. The number of hydrogen-bond acceptors (Lipinski definition) is 5. The summed E-state index contributed by atoms with van der Waals surface area (Å²) < 4.78 is 5.38. The molecule has 0 amide bonds. The number of nitrogens with two attached hydrogens (primary N) is 1. The SMILES string of the molecule is COc1ccc2nc(N)cc(N3CCC(NC(C)(C)C)CC3)c2c1. The van der Waals surface area contributed by atoms with E-state index < -0.39 is 0 Å². The van der Waals surface area contributed by atoms with Crippen LogP contribution in [0.25, 0.3) is 10.9 Å². The van der Waals surface area contributed by atoms with Gasteiger partial charge >= 0.3 is 0 Å². The lowest BCUT2D eigenvalue weighted by Gasteiger charge is -2.37. The van der Waals surface area contributed by atoms with Crippen molar-refractivity contribution < 1.29 is 4.74 Å². The predicted molar refractivity (Wildman–Crippen MR) is 101 cm³/mol. The molecule has 0 aliphatic carbocycles. The molecule has 2 aromatic rings. The third-order valence-corrected chi connectivity index (χ3v) is 4.49. The summed E-state index contributed by atoms with van der Waals surface area (Å²) in [6, 6.07) is 8.51. The lowest BCUT2D eigenvalue weighted by atomic mass is 9.99. The molecule has 0 unspecified atom stereocenters. The Morgan fingerprint density at radius 3 is 2.54 bits per heavy atom. The van der Waals surface area contributed by atoms with Gasteiger partial charge in [0.15, 0.2) is 0 Å². The Hall–Kier alpha value is -2.01. The summed E-state index contributed by atoms with van der Waals surface area (Å²) in [7, 11) is 1.69. The van der Waals surface area contributed by atoms with Crippen molar-refractivity contribution in [1.29, 1.82) is 0 Å². The van der Waals surface area contributed by atoms with Gasteiger partial charge in [-0.15, -0.1) is 0 Å². The molecule has 2 heterocycles. The predicted octanol–water partition coefficient (Wildman–Crippen LogP) is 3.18. The summed E-state index contributed by atoms with van der Waals surface area (Å²) in [6.07, 6.45) is 2.26. The zero-order valence-corrected chi connectivity index (χ0v) is 15.1. The van der Waals surface area contributed by atoms with Crippen LogP contribution in [-0.2, 0) is 0 Å². The highest BCUT2D eigenvalue weighted by atomic mass is 16.5. The van der Waals surface area contributed by atoms with Gasteiger partial charge < -0.3 is 20.7 Å². The highest BCUT2D eigenvalue weighted by molar-refractivity contribution is 5.94. The number of pyridine rings is 1. The van der Waals surface area contributed by atoms with Gasteiger partial charge in [-0.25, -0.2) is 4.98 Å². The van der Waals surface area contributed by atoms with E-state index in [-0.39, 0.29) is 5.54 Å². The summed E-state index contributed by atoms with van der Waals surface area (Å²) in [5.74, 6) is 1.41. The van der Waals surface area contributed by atoms with Crippen molar-refractivity contribution in [2.45, 2.75) is 45.2 Å². The highest BCUT2D eigenvalue weighted by Gasteiger charge is 2.24. The normalized spacial score (nSPS) is 16.6. The van der Waals surface area contributed by atoms with E-state index in [1.54, 1.807) is 7.11 Å². The minimum Gasteiger partial charge on any atom is -0.497 e. The molecule has 0 radical (unpaired) electrons. The Labute approximate surface area is 144 Å². The van der Waals surface area contributed by atoms with Crippen LogP contribution in [0.15, 0.2) is 24.3 Å². The Morgan fingerprint density at radius 2 is 1.92 bits per heavy atom. The molecule has 3 rings (SSSR count). The smallest absolute Gasteiger partial charge is 0.126 e. The molecule has 5 heteroatoms. The maximum Gasteiger partial charge on any atom is 0.126 e. The van der Waals surface area contributed by atoms with Crippen LogP contribution in [0.5, 0.6) is 5.75 Å². The van der Waals surface area contributed by atoms with Crippen molar-refractivity contribution in [3.8, 4) is 5.75 Å². The third-order valence-electron chi connectivity index (χ3n) is 4.49. The fraction of sp³-hybridized carbons (Fsp3) is 0.526. The number of nitrogens with one attached hydrogen (secondary N) is 1. The van der Waals surface area contributed by atoms with Gasteiger partial charge in [0, 0.05) is 41.8 Å². The van der Waals surface area contributed by atoms with Gasteiger partial charge in [-0.3, -0.25) is 0 Å². The van der Waals surface area contributed by atoms with Crippen molar-refractivity contribution in [2.24, 2.45) is 0 Å². The summed E-state index contributed by atoms with van der Waals surface area (Å²) in [5.41, 5.74) is 8.27. The quantitative estimate of drug-likeness (QED) is 0.906. The number of rotatable bonds is 3. The van der Waals surface area contributed by atoms with Crippen molar-refractivity contribution in [3.05, 3.63) is 24.3 Å². The molecule has 3 N–H and O–H groups in total. The zero-order chi connectivity index (χ0) is 17.3. The Kier molecular flexibility index (Phi) is 4.54. The molecule has 1 aromatic carbocycles. The number of methoxy groups -OCH3 is 1. The highest BCUT2D eigenvalue weighted by Crippen LogP contribution is 2.32. The topological polar surface area (TPSA) is 63.4 Å². The van der Waals surface area contributed by atoms with E-state index in [1.807, 2.05) is 18.2 Å². The summed E-state index contributed by atoms with van der Waals surface area (Å²) in [6.45, 7) is 8.71. The lowest BCUT2D eigenvalue weighted by molar-refractivity contribution is 0.317. The summed E-state index contributed by atoms with van der Waals surface area (Å²) >= 11 is 0. The van der Waals surface area contributed by atoms with Gasteiger partial charge in [0.25, 0.3) is 0 Å². The first-order chi connectivity index (χ1) is 11.4. The molecule has 0 bridgehead atoms. The van der Waals surface area contributed by atoms with Crippen LogP contribution in [0, 0.1) is 0 Å². The van der Waals surface area contributed by atoms with Gasteiger partial charge in [0.05, 0.1) is 12.6 Å². The van der Waals surface area contributed by atoms with E-state index in [0.29, 0.717) is 11.9 Å². The molecule has 1 fully saturated rings. The Bertz CT molecular complexity index is 715. The van der Waals surface area contributed by atoms with E-state index >= 15 is 0 Å². The van der Waals surface area contributed by atoms with E-state index in [0.717, 1.165) is 48.3 Å². The second-order valence-electron chi connectivity index (χ2n) is 7.60. The average molecular weight is 328 g/mol. The summed E-state index contributed by atoms with van der Waals surface area (Å²) in [4.78, 5) is 6.87. The van der Waals surface area contributed by atoms with Gasteiger partial charge in [-0.05, 0) is 51.8 Å². The molecule has 5 nitrogen and oxygen atoms in total. The minimum atomic E-state index is 0.161. The van der Waals surface area contributed by atoms with E-state index in [4.69, 9.17) is 10.5 Å². The van der Waals surface area contributed by atoms with Crippen molar-refractivity contribution >= 4 is 22.4 Å². The zero-order valence-electron chi connectivity index (χ0n) is 15.1. The van der Waals surface area contributed by atoms with Gasteiger partial charge in [-0.1, -0.05) is 0 Å². The van der Waals surface area contributed by atoms with Crippen LogP contribution in [0.4, 0.5) is 11.5 Å². The van der Waals surface area contributed by atoms with E-state index in [2.05, 4.69) is 42.0 Å². The number of piperidine rings is 1. The number of nitrogens with zero attached hydrogens (tertiary/aromatic N) is 2. The first-order valence-electron chi connectivity index (χ1n) is 8.62. The molecule has 1 aromatic heterocycles. The molecule has 1 saturated heterocycles. The van der Waals surface area contributed by atoms with E-state index in [1.165, 1.54) is 0 Å². The molecular formula is C19H28N4O. The monoisotopic (exact) mass is 328 g/mol. The van der Waals surface area contributed by atoms with Crippen molar-refractivity contribution in [1.82, 2.24) is 10.3 Å². The molecule has 24 heavy (non-hydrogen) atoms. The molecule has 130 valence electrons. The number of fused-ring (bicyclic) bond motifs is 1. The number of anilines is 2. The minimum absolute atomic E-state index is 0.161. The molecule has 0 atom stereocenters. The number of aromatic nitrogens is 1. The van der Waals surface area contributed by atoms with Crippen LogP contribution in [0.1, 0.15) is 33.6 Å². The Morgan fingerprint density at radius 1 is 1.21 bits per heavy atom. The van der Waals surface area contributed by atoms with Crippen LogP contribution in [0.3, 0.4) is 0 Å². The fourth-order valence-electron chi connectivity index (χ4n) is 3.47. The largest absolute Gasteiger partial charge is 0.497 e. The second kappa shape index (κ2) is 6.48. The van der Waals surface area contributed by atoms with Crippen LogP contribution in [0.2, 0.25) is 0 Å². The standard InChI is InChI=1S/C19H28N4O/c1-19(2,3)22-13-7-9-23(10-8-13)17-12-18(20)21-16-6-5-14(24-4)11-15(16)17/h5-6,11-13,22H,7-10H2,1-4H3,(H2,20,21). The third kappa shape index (κ3) is 3.73. The van der Waals surface area contributed by atoms with Crippen molar-refractivity contribution in [2.75, 3.05) is 30.8 Å². The molecule has 1 aliphatic rings. The average Bonchev–Trinajstić information content (AvgIpc) is 2.53. The summed E-state index contributed by atoms with van der Waals surface area (Å²) in [5, 5.41) is 4.82. The Balaban J connectivity index is 1.85. The fourth-order valence-corrected chi connectivity index (χ4v) is 3.47. The molecule has 1 aliphatic heterocycles. The molecular weight excluding hydrogens is 300 g/mol. The van der Waals surface area contributed by atoms with Gasteiger partial charge in [-0.2, -0.15) is 0 Å². The van der Waals surface area contributed by atoms with Crippen LogP contribution < -0.4 is 20.7 Å². The number of hydrogen-bond donors (Lipinski definition) is 2. The van der Waals surface area contributed by atoms with E-state index in [9.17, 15) is 0 Å². The van der Waals surface area contributed by atoms with Crippen LogP contribution in [-0.4, -0.2) is 36.8 Å².